The van der Waals surface area contributed by atoms with Crippen LogP contribution in [0, 0.1) is 19.7 Å². The van der Waals surface area contributed by atoms with Gasteiger partial charge in [0.2, 0.25) is 11.9 Å². The number of rotatable bonds is 7. The SMILES string of the molecule is Cc1cc(Nc2nc(Nc3cc(C)c(C4CCN(C(=O)CN5CCN(C)CC5)CC4)cc3F)ncc2Cl)n[nH]1. The Morgan fingerprint density at radius 3 is 2.54 bits per heavy atom. The second-order valence-corrected chi connectivity index (χ2v) is 10.9. The van der Waals surface area contributed by atoms with Crippen LogP contribution in [0.15, 0.2) is 24.4 Å². The van der Waals surface area contributed by atoms with Crippen LogP contribution in [0.25, 0.3) is 0 Å². The second-order valence-electron chi connectivity index (χ2n) is 10.5. The molecule has 3 aromatic rings. The number of anilines is 4. The first-order valence-electron chi connectivity index (χ1n) is 13.3. The van der Waals surface area contributed by atoms with E-state index < -0.39 is 0 Å². The van der Waals surface area contributed by atoms with Gasteiger partial charge in [0.15, 0.2) is 11.6 Å². The number of halogens is 2. The van der Waals surface area contributed by atoms with Crippen molar-refractivity contribution < 1.29 is 9.18 Å². The van der Waals surface area contributed by atoms with Gasteiger partial charge < -0.3 is 20.4 Å². The maximum atomic E-state index is 15.2. The monoisotopic (exact) mass is 555 g/mol. The molecule has 2 fully saturated rings. The highest BCUT2D eigenvalue weighted by molar-refractivity contribution is 6.32. The summed E-state index contributed by atoms with van der Waals surface area (Å²) in [7, 11) is 2.11. The number of hydrogen-bond donors (Lipinski definition) is 3. The van der Waals surface area contributed by atoms with E-state index >= 15 is 4.39 Å². The van der Waals surface area contributed by atoms with Crippen molar-refractivity contribution >= 4 is 40.8 Å². The lowest BCUT2D eigenvalue weighted by Crippen LogP contribution is -2.50. The van der Waals surface area contributed by atoms with E-state index in [1.54, 1.807) is 12.1 Å². The number of aryl methyl sites for hydroxylation is 2. The third kappa shape index (κ3) is 6.66. The Labute approximate surface area is 232 Å². The first-order chi connectivity index (χ1) is 18.7. The van der Waals surface area contributed by atoms with Crippen molar-refractivity contribution in [3.63, 3.8) is 0 Å². The number of piperazine rings is 1. The number of nitrogens with one attached hydrogen (secondary N) is 3. The van der Waals surface area contributed by atoms with E-state index in [2.05, 4.69) is 47.6 Å². The van der Waals surface area contributed by atoms with Crippen molar-refractivity contribution in [3.05, 3.63) is 52.1 Å². The molecule has 0 spiro atoms. The van der Waals surface area contributed by atoms with Gasteiger partial charge in [0, 0.05) is 51.0 Å². The summed E-state index contributed by atoms with van der Waals surface area (Å²) in [5.41, 5.74) is 3.15. The quantitative estimate of drug-likeness (QED) is 0.401. The average Bonchev–Trinajstić information content (AvgIpc) is 3.33. The van der Waals surface area contributed by atoms with Crippen LogP contribution in [-0.4, -0.2) is 93.6 Å². The van der Waals surface area contributed by atoms with E-state index in [0.717, 1.165) is 55.8 Å². The van der Waals surface area contributed by atoms with Crippen molar-refractivity contribution in [2.75, 3.05) is 63.5 Å². The molecule has 39 heavy (non-hydrogen) atoms. The van der Waals surface area contributed by atoms with Gasteiger partial charge in [0.25, 0.3) is 0 Å². The largest absolute Gasteiger partial charge is 0.342 e. The summed E-state index contributed by atoms with van der Waals surface area (Å²) in [6, 6.07) is 5.21. The summed E-state index contributed by atoms with van der Waals surface area (Å²) < 4.78 is 15.2. The average molecular weight is 556 g/mol. The number of aromatic nitrogens is 4. The maximum absolute atomic E-state index is 15.2. The van der Waals surface area contributed by atoms with Gasteiger partial charge in [-0.3, -0.25) is 14.8 Å². The molecule has 5 rings (SSSR count). The number of piperidine rings is 1. The van der Waals surface area contributed by atoms with Crippen LogP contribution in [-0.2, 0) is 4.79 Å². The summed E-state index contributed by atoms with van der Waals surface area (Å²) in [6.45, 7) is 9.61. The van der Waals surface area contributed by atoms with E-state index in [4.69, 9.17) is 11.6 Å². The smallest absolute Gasteiger partial charge is 0.236 e. The number of amides is 1. The Balaban J connectivity index is 1.20. The first kappa shape index (κ1) is 27.3. The standard InChI is InChI=1S/C27H35ClFN9O/c1-17-12-23(31-27-30-15-21(28)26(33-27)32-24-13-18(2)34-35-24)22(29)14-20(17)19-4-6-38(7-5-19)25(39)16-37-10-8-36(3)9-11-37/h12-15,19H,4-11,16H2,1-3H3,(H3,30,31,32,33,34,35). The molecule has 1 amide bonds. The lowest BCUT2D eigenvalue weighted by Gasteiger charge is -2.36. The number of aromatic amines is 1. The molecule has 10 nitrogen and oxygen atoms in total. The molecule has 0 saturated carbocycles. The molecule has 3 N–H and O–H groups in total. The van der Waals surface area contributed by atoms with Crippen LogP contribution in [0.5, 0.6) is 0 Å². The fraction of sp³-hybridized carbons (Fsp3) is 0.481. The Morgan fingerprint density at radius 2 is 1.85 bits per heavy atom. The molecule has 208 valence electrons. The summed E-state index contributed by atoms with van der Waals surface area (Å²) in [5, 5.41) is 13.3. The van der Waals surface area contributed by atoms with E-state index in [9.17, 15) is 4.79 Å². The normalized spacial score (nSPS) is 17.4. The molecule has 2 aliphatic rings. The maximum Gasteiger partial charge on any atom is 0.236 e. The minimum absolute atomic E-state index is 0.194. The van der Waals surface area contributed by atoms with Crippen LogP contribution < -0.4 is 10.6 Å². The predicted molar refractivity (Wildman–Crippen MR) is 151 cm³/mol. The molecule has 2 aliphatic heterocycles. The third-order valence-electron chi connectivity index (χ3n) is 7.54. The van der Waals surface area contributed by atoms with Crippen LogP contribution >= 0.6 is 11.6 Å². The molecule has 0 radical (unpaired) electrons. The molecule has 12 heteroatoms. The van der Waals surface area contributed by atoms with Gasteiger partial charge in [-0.15, -0.1) is 0 Å². The van der Waals surface area contributed by atoms with Crippen LogP contribution in [0.4, 0.5) is 27.7 Å². The van der Waals surface area contributed by atoms with Crippen molar-refractivity contribution in [3.8, 4) is 0 Å². The molecule has 2 saturated heterocycles. The van der Waals surface area contributed by atoms with E-state index in [1.807, 2.05) is 24.8 Å². The summed E-state index contributed by atoms with van der Waals surface area (Å²) in [5.74, 6) is 1.18. The lowest BCUT2D eigenvalue weighted by atomic mass is 9.86. The number of likely N-dealkylation sites (N-methyl/N-ethyl adjacent to an activating group) is 1. The number of likely N-dealkylation sites (tertiary alicyclic amines) is 1. The zero-order chi connectivity index (χ0) is 27.5. The zero-order valence-corrected chi connectivity index (χ0v) is 23.4. The Hall–Kier alpha value is -3.28. The van der Waals surface area contributed by atoms with Crippen molar-refractivity contribution in [1.82, 2.24) is 34.9 Å². The van der Waals surface area contributed by atoms with Crippen LogP contribution in [0.3, 0.4) is 0 Å². The minimum Gasteiger partial charge on any atom is -0.342 e. The topological polar surface area (TPSA) is 105 Å². The molecular weight excluding hydrogens is 521 g/mol. The fourth-order valence-corrected chi connectivity index (χ4v) is 5.35. The number of carbonyl (C=O) groups excluding carboxylic acids is 1. The summed E-state index contributed by atoms with van der Waals surface area (Å²) >= 11 is 6.25. The highest BCUT2D eigenvalue weighted by Gasteiger charge is 2.27. The van der Waals surface area contributed by atoms with E-state index in [0.29, 0.717) is 42.0 Å². The second kappa shape index (κ2) is 11.8. The number of benzene rings is 1. The molecule has 4 heterocycles. The molecule has 1 aromatic carbocycles. The minimum atomic E-state index is -0.375. The number of nitrogens with zero attached hydrogens (tertiary/aromatic N) is 6. The van der Waals surface area contributed by atoms with Gasteiger partial charge in [0.1, 0.15) is 10.8 Å². The van der Waals surface area contributed by atoms with E-state index in [1.165, 1.54) is 6.20 Å². The lowest BCUT2D eigenvalue weighted by molar-refractivity contribution is -0.133. The molecule has 0 bridgehead atoms. The van der Waals surface area contributed by atoms with Crippen LogP contribution in [0.2, 0.25) is 5.02 Å². The van der Waals surface area contributed by atoms with E-state index in [-0.39, 0.29) is 23.6 Å². The Bertz CT molecular complexity index is 1320. The van der Waals surface area contributed by atoms with Crippen molar-refractivity contribution in [1.29, 1.82) is 0 Å². The van der Waals surface area contributed by atoms with Gasteiger partial charge in [-0.1, -0.05) is 11.6 Å². The highest BCUT2D eigenvalue weighted by atomic mass is 35.5. The first-order valence-corrected chi connectivity index (χ1v) is 13.7. The van der Waals surface area contributed by atoms with Crippen LogP contribution in [0.1, 0.15) is 35.6 Å². The highest BCUT2D eigenvalue weighted by Crippen LogP contribution is 2.34. The van der Waals surface area contributed by atoms with Gasteiger partial charge in [-0.25, -0.2) is 9.37 Å². The zero-order valence-electron chi connectivity index (χ0n) is 22.6. The molecule has 0 unspecified atom stereocenters. The predicted octanol–water partition coefficient (Wildman–Crippen LogP) is 4.05. The van der Waals surface area contributed by atoms with Gasteiger partial charge in [0.05, 0.1) is 18.4 Å². The third-order valence-corrected chi connectivity index (χ3v) is 7.82. The molecule has 0 aliphatic carbocycles. The molecule has 0 atom stereocenters. The number of carbonyl (C=O) groups is 1. The van der Waals surface area contributed by atoms with Gasteiger partial charge >= 0.3 is 0 Å². The van der Waals surface area contributed by atoms with Gasteiger partial charge in [-0.2, -0.15) is 10.1 Å². The fourth-order valence-electron chi connectivity index (χ4n) is 5.21. The number of hydrogen-bond acceptors (Lipinski definition) is 8. The number of H-pyrrole nitrogens is 1. The molecular formula is C27H35ClFN9O. The van der Waals surface area contributed by atoms with Crippen molar-refractivity contribution in [2.45, 2.75) is 32.6 Å². The Kier molecular flexibility index (Phi) is 8.29. The Morgan fingerprint density at radius 1 is 1.10 bits per heavy atom. The van der Waals surface area contributed by atoms with Crippen molar-refractivity contribution in [2.24, 2.45) is 0 Å². The summed E-state index contributed by atoms with van der Waals surface area (Å²) in [4.78, 5) is 27.9. The van der Waals surface area contributed by atoms with Gasteiger partial charge in [-0.05, 0) is 62.9 Å². The molecule has 2 aromatic heterocycles. The summed E-state index contributed by atoms with van der Waals surface area (Å²) in [6.07, 6.45) is 3.10.